The van der Waals surface area contributed by atoms with Crippen molar-refractivity contribution >= 4 is 22.7 Å². The van der Waals surface area contributed by atoms with E-state index in [1.807, 2.05) is 35.5 Å². The zero-order valence-electron chi connectivity index (χ0n) is 20.3. The molecule has 0 N–H and O–H groups in total. The van der Waals surface area contributed by atoms with Crippen molar-refractivity contribution < 1.29 is 0 Å². The maximum absolute atomic E-state index is 4.67. The molecule has 0 unspecified atom stereocenters. The summed E-state index contributed by atoms with van der Waals surface area (Å²) in [6.45, 7) is 4.64. The van der Waals surface area contributed by atoms with E-state index in [1.54, 1.807) is 22.7 Å². The van der Waals surface area contributed by atoms with Gasteiger partial charge in [-0.05, 0) is 57.6 Å². The Bertz CT molecular complexity index is 1590. The third-order valence-electron chi connectivity index (χ3n) is 7.17. The van der Waals surface area contributed by atoms with Gasteiger partial charge in [0, 0.05) is 52.1 Å². The lowest BCUT2D eigenvalue weighted by Gasteiger charge is -2.22. The number of nitrogens with zero attached hydrogens (tertiary/aromatic N) is 4. The van der Waals surface area contributed by atoms with Crippen molar-refractivity contribution in [1.29, 1.82) is 0 Å². The highest BCUT2D eigenvalue weighted by Gasteiger charge is 2.35. The number of pyridine rings is 2. The highest BCUT2D eigenvalue weighted by atomic mass is 32.1. The number of hydrogen-bond acceptors (Lipinski definition) is 6. The van der Waals surface area contributed by atoms with Gasteiger partial charge < -0.3 is 0 Å². The predicted octanol–water partition coefficient (Wildman–Crippen LogP) is 8.36. The second-order valence-electron chi connectivity index (χ2n) is 9.68. The van der Waals surface area contributed by atoms with Crippen LogP contribution >= 0.6 is 22.7 Å². The topological polar surface area (TPSA) is 51.6 Å². The van der Waals surface area contributed by atoms with E-state index in [1.165, 1.54) is 33.4 Å². The summed E-state index contributed by atoms with van der Waals surface area (Å²) in [6.07, 6.45) is 7.53. The van der Waals surface area contributed by atoms with E-state index in [-0.39, 0.29) is 5.41 Å². The van der Waals surface area contributed by atoms with Gasteiger partial charge in [-0.3, -0.25) is 9.97 Å². The molecule has 0 bridgehead atoms. The molecule has 6 heteroatoms. The first-order chi connectivity index (χ1) is 18.1. The maximum atomic E-state index is 4.67. The maximum Gasteiger partial charge on any atom is 0.141 e. The molecule has 0 saturated heterocycles. The van der Waals surface area contributed by atoms with Gasteiger partial charge in [0.25, 0.3) is 0 Å². The molecule has 0 fully saturated rings. The van der Waals surface area contributed by atoms with Crippen molar-refractivity contribution in [1.82, 2.24) is 19.9 Å². The molecule has 4 heterocycles. The Balaban J connectivity index is 1.22. The van der Waals surface area contributed by atoms with E-state index < -0.39 is 0 Å². The van der Waals surface area contributed by atoms with Crippen LogP contribution in [0.3, 0.4) is 0 Å². The van der Waals surface area contributed by atoms with E-state index in [4.69, 9.17) is 0 Å². The SMILES string of the molecule is CC1(C)c2cc(-c3ccc(-c4nccs4)nc3)ccc2-c2ccc(-c3ccc(-c4nccs4)nc3)cc21. The minimum absolute atomic E-state index is 0.112. The number of thiazole rings is 2. The molecule has 2 aromatic carbocycles. The van der Waals surface area contributed by atoms with Crippen LogP contribution in [0.2, 0.25) is 0 Å². The van der Waals surface area contributed by atoms with Crippen LogP contribution in [0.25, 0.3) is 54.8 Å². The Morgan fingerprint density at radius 3 is 1.38 bits per heavy atom. The van der Waals surface area contributed by atoms with Crippen molar-refractivity contribution in [3.8, 4) is 54.8 Å². The molecule has 4 nitrogen and oxygen atoms in total. The fourth-order valence-electron chi connectivity index (χ4n) is 5.18. The van der Waals surface area contributed by atoms with Crippen molar-refractivity contribution in [3.63, 3.8) is 0 Å². The van der Waals surface area contributed by atoms with Crippen molar-refractivity contribution in [2.45, 2.75) is 19.3 Å². The monoisotopic (exact) mass is 514 g/mol. The fourth-order valence-corrected chi connectivity index (χ4v) is 6.41. The molecule has 0 amide bonds. The summed E-state index contributed by atoms with van der Waals surface area (Å²) in [5, 5.41) is 5.84. The average molecular weight is 515 g/mol. The van der Waals surface area contributed by atoms with Crippen molar-refractivity contribution in [2.75, 3.05) is 0 Å². The summed E-state index contributed by atoms with van der Waals surface area (Å²) in [5.41, 5.74) is 11.6. The molecule has 6 aromatic rings. The van der Waals surface area contributed by atoms with E-state index in [9.17, 15) is 0 Å². The van der Waals surface area contributed by atoms with E-state index in [2.05, 4.69) is 94.4 Å². The van der Waals surface area contributed by atoms with Gasteiger partial charge >= 0.3 is 0 Å². The van der Waals surface area contributed by atoms with Crippen LogP contribution in [-0.2, 0) is 5.41 Å². The molecule has 0 saturated carbocycles. The molecule has 0 aliphatic heterocycles. The average Bonchev–Trinajstić information content (AvgIpc) is 3.71. The van der Waals surface area contributed by atoms with E-state index in [0.29, 0.717) is 0 Å². The first-order valence-corrected chi connectivity index (χ1v) is 13.9. The first-order valence-electron chi connectivity index (χ1n) is 12.1. The molecule has 7 rings (SSSR count). The van der Waals surface area contributed by atoms with Gasteiger partial charge in [-0.15, -0.1) is 22.7 Å². The molecule has 0 radical (unpaired) electrons. The molecule has 0 spiro atoms. The zero-order chi connectivity index (χ0) is 25.0. The largest absolute Gasteiger partial charge is 0.253 e. The number of fused-ring (bicyclic) bond motifs is 3. The minimum Gasteiger partial charge on any atom is -0.253 e. The lowest BCUT2D eigenvalue weighted by molar-refractivity contribution is 0.661. The highest BCUT2D eigenvalue weighted by Crippen LogP contribution is 2.50. The Morgan fingerprint density at radius 2 is 1.00 bits per heavy atom. The van der Waals surface area contributed by atoms with Crippen molar-refractivity contribution in [3.05, 3.63) is 107 Å². The third kappa shape index (κ3) is 3.72. The van der Waals surface area contributed by atoms with Gasteiger partial charge in [0.1, 0.15) is 10.0 Å². The second kappa shape index (κ2) is 8.54. The molecule has 178 valence electrons. The number of aromatic nitrogens is 4. The minimum atomic E-state index is -0.112. The summed E-state index contributed by atoms with van der Waals surface area (Å²) in [7, 11) is 0. The van der Waals surface area contributed by atoms with Crippen LogP contribution in [0.5, 0.6) is 0 Å². The van der Waals surface area contributed by atoms with Gasteiger partial charge in [0.2, 0.25) is 0 Å². The second-order valence-corrected chi connectivity index (χ2v) is 11.5. The molecular formula is C31H22N4S2. The Morgan fingerprint density at radius 1 is 0.541 bits per heavy atom. The van der Waals surface area contributed by atoms with Gasteiger partial charge in [-0.2, -0.15) is 0 Å². The summed E-state index contributed by atoms with van der Waals surface area (Å²) in [5.74, 6) is 0. The van der Waals surface area contributed by atoms with Crippen molar-refractivity contribution in [2.24, 2.45) is 0 Å². The van der Waals surface area contributed by atoms with Gasteiger partial charge in [-0.25, -0.2) is 9.97 Å². The molecule has 1 aliphatic carbocycles. The zero-order valence-corrected chi connectivity index (χ0v) is 22.0. The van der Waals surface area contributed by atoms with Crippen LogP contribution < -0.4 is 0 Å². The Labute approximate surface area is 223 Å². The van der Waals surface area contributed by atoms with Crippen LogP contribution in [0, 0.1) is 0 Å². The first kappa shape index (κ1) is 22.2. The van der Waals surface area contributed by atoms with Gasteiger partial charge in [0.15, 0.2) is 0 Å². The van der Waals surface area contributed by atoms with Crippen LogP contribution in [0.15, 0.2) is 96.2 Å². The Hall–Kier alpha value is -4.00. The van der Waals surface area contributed by atoms with E-state index >= 15 is 0 Å². The fraction of sp³-hybridized carbons (Fsp3) is 0.0968. The Kier molecular flexibility index (Phi) is 5.13. The number of rotatable bonds is 4. The third-order valence-corrected chi connectivity index (χ3v) is 8.76. The lowest BCUT2D eigenvalue weighted by Crippen LogP contribution is -2.15. The molecule has 37 heavy (non-hydrogen) atoms. The van der Waals surface area contributed by atoms with Gasteiger partial charge in [0.05, 0.1) is 11.4 Å². The molecule has 0 atom stereocenters. The normalized spacial score (nSPS) is 13.4. The quantitative estimate of drug-likeness (QED) is 0.237. The van der Waals surface area contributed by atoms with E-state index in [0.717, 1.165) is 32.5 Å². The summed E-state index contributed by atoms with van der Waals surface area (Å²) in [6, 6.07) is 22.0. The smallest absolute Gasteiger partial charge is 0.141 e. The van der Waals surface area contributed by atoms with Crippen LogP contribution in [0.1, 0.15) is 25.0 Å². The summed E-state index contributed by atoms with van der Waals surface area (Å²) in [4.78, 5) is 18.1. The molecule has 4 aromatic heterocycles. The van der Waals surface area contributed by atoms with Crippen LogP contribution in [-0.4, -0.2) is 19.9 Å². The molecular weight excluding hydrogens is 493 g/mol. The predicted molar refractivity (Wildman–Crippen MR) is 153 cm³/mol. The van der Waals surface area contributed by atoms with Crippen LogP contribution in [0.4, 0.5) is 0 Å². The lowest BCUT2D eigenvalue weighted by atomic mass is 9.81. The standard InChI is InChI=1S/C31H22N4S2/c1-31(2)25-15-19(21-5-9-27(34-17-21)29-32-11-13-36-29)3-7-23(25)24-8-4-20(16-26(24)31)22-6-10-28(35-18-22)30-33-12-14-37-30/h3-18H,1-2H3. The van der Waals surface area contributed by atoms with Gasteiger partial charge in [-0.1, -0.05) is 50.2 Å². The number of benzene rings is 2. The number of hydrogen-bond donors (Lipinski definition) is 0. The highest BCUT2D eigenvalue weighted by molar-refractivity contribution is 7.13. The molecule has 1 aliphatic rings. The summed E-state index contributed by atoms with van der Waals surface area (Å²) < 4.78 is 0. The summed E-state index contributed by atoms with van der Waals surface area (Å²) >= 11 is 3.21.